The zero-order chi connectivity index (χ0) is 15.4. The average Bonchev–Trinajstić information content (AvgIpc) is 2.81. The molecule has 0 amide bonds. The molecule has 0 aromatic carbocycles. The van der Waals surface area contributed by atoms with Crippen molar-refractivity contribution in [2.75, 3.05) is 27.7 Å². The van der Waals surface area contributed by atoms with Gasteiger partial charge in [-0.15, -0.1) is 0 Å². The Morgan fingerprint density at radius 1 is 1.38 bits per heavy atom. The Bertz CT molecular complexity index is 593. The zero-order valence-corrected chi connectivity index (χ0v) is 13.7. The SMILES string of the molecule is CNC(c1cnccc1C)c1c(Cl)cnn1CCN(C)C. The molecule has 0 aliphatic rings. The average molecular weight is 308 g/mol. The Morgan fingerprint density at radius 3 is 2.76 bits per heavy atom. The minimum absolute atomic E-state index is 0.0177. The molecule has 2 aromatic heterocycles. The highest BCUT2D eigenvalue weighted by Gasteiger charge is 2.22. The number of rotatable bonds is 6. The van der Waals surface area contributed by atoms with Crippen LogP contribution < -0.4 is 5.32 Å². The first-order valence-electron chi connectivity index (χ1n) is 6.98. The Morgan fingerprint density at radius 2 is 2.14 bits per heavy atom. The third-order valence-electron chi connectivity index (χ3n) is 3.54. The molecule has 114 valence electrons. The van der Waals surface area contributed by atoms with Gasteiger partial charge >= 0.3 is 0 Å². The minimum Gasteiger partial charge on any atom is -0.308 e. The molecule has 0 fully saturated rings. The van der Waals surface area contributed by atoms with Crippen LogP contribution in [0.2, 0.25) is 5.02 Å². The lowest BCUT2D eigenvalue weighted by Crippen LogP contribution is -2.26. The molecule has 1 atom stereocenters. The summed E-state index contributed by atoms with van der Waals surface area (Å²) < 4.78 is 1.97. The maximum absolute atomic E-state index is 6.38. The van der Waals surface area contributed by atoms with Gasteiger partial charge in [0.1, 0.15) is 0 Å². The highest BCUT2D eigenvalue weighted by atomic mass is 35.5. The van der Waals surface area contributed by atoms with Gasteiger partial charge in [0.25, 0.3) is 0 Å². The normalized spacial score (nSPS) is 12.9. The van der Waals surface area contributed by atoms with Crippen LogP contribution in [0.1, 0.15) is 22.9 Å². The zero-order valence-electron chi connectivity index (χ0n) is 13.0. The molecule has 0 aliphatic carbocycles. The first-order chi connectivity index (χ1) is 10.0. The fourth-order valence-electron chi connectivity index (χ4n) is 2.35. The van der Waals surface area contributed by atoms with Crippen LogP contribution in [0.5, 0.6) is 0 Å². The number of aromatic nitrogens is 3. The molecule has 0 bridgehead atoms. The van der Waals surface area contributed by atoms with Crippen LogP contribution in [0.15, 0.2) is 24.7 Å². The van der Waals surface area contributed by atoms with Crippen molar-refractivity contribution in [1.29, 1.82) is 0 Å². The Labute approximate surface area is 130 Å². The van der Waals surface area contributed by atoms with E-state index in [1.807, 2.05) is 38.1 Å². The van der Waals surface area contributed by atoms with Crippen LogP contribution in [-0.2, 0) is 6.54 Å². The van der Waals surface area contributed by atoms with Gasteiger partial charge in [-0.25, -0.2) is 0 Å². The standard InChI is InChI=1S/C15H22ClN5/c1-11-5-6-18-9-12(11)14(17-2)15-13(16)10-19-21(15)8-7-20(3)4/h5-6,9-10,14,17H,7-8H2,1-4H3. The summed E-state index contributed by atoms with van der Waals surface area (Å²) in [5, 5.41) is 8.42. The second-order valence-electron chi connectivity index (χ2n) is 5.36. The summed E-state index contributed by atoms with van der Waals surface area (Å²) in [5.41, 5.74) is 3.28. The fourth-order valence-corrected chi connectivity index (χ4v) is 2.60. The van der Waals surface area contributed by atoms with Crippen LogP contribution in [0.3, 0.4) is 0 Å². The van der Waals surface area contributed by atoms with E-state index >= 15 is 0 Å². The van der Waals surface area contributed by atoms with Crippen molar-refractivity contribution in [2.24, 2.45) is 0 Å². The van der Waals surface area contributed by atoms with Gasteiger partial charge in [-0.1, -0.05) is 11.6 Å². The van der Waals surface area contributed by atoms with Crippen LogP contribution in [0, 0.1) is 6.92 Å². The predicted molar refractivity (Wildman–Crippen MR) is 85.7 cm³/mol. The van der Waals surface area contributed by atoms with Gasteiger partial charge in [0.2, 0.25) is 0 Å². The number of pyridine rings is 1. The van der Waals surface area contributed by atoms with E-state index < -0.39 is 0 Å². The summed E-state index contributed by atoms with van der Waals surface area (Å²) >= 11 is 6.38. The number of aryl methyl sites for hydroxylation is 1. The molecule has 6 heteroatoms. The van der Waals surface area contributed by atoms with Crippen LogP contribution >= 0.6 is 11.6 Å². The second kappa shape index (κ2) is 7.02. The van der Waals surface area contributed by atoms with E-state index in [-0.39, 0.29) is 6.04 Å². The van der Waals surface area contributed by atoms with Gasteiger partial charge in [0.05, 0.1) is 29.5 Å². The van der Waals surface area contributed by atoms with Crippen molar-refractivity contribution in [3.8, 4) is 0 Å². The first kappa shape index (κ1) is 15.9. The van der Waals surface area contributed by atoms with Gasteiger partial charge in [0.15, 0.2) is 0 Å². The summed E-state index contributed by atoms with van der Waals surface area (Å²) in [6.07, 6.45) is 5.40. The van der Waals surface area contributed by atoms with E-state index in [1.165, 1.54) is 5.56 Å². The highest BCUT2D eigenvalue weighted by molar-refractivity contribution is 6.31. The van der Waals surface area contributed by atoms with Crippen LogP contribution in [0.4, 0.5) is 0 Å². The molecule has 0 saturated carbocycles. The van der Waals surface area contributed by atoms with Crippen molar-refractivity contribution in [1.82, 2.24) is 25.0 Å². The third-order valence-corrected chi connectivity index (χ3v) is 3.84. The molecule has 5 nitrogen and oxygen atoms in total. The van der Waals surface area contributed by atoms with Crippen molar-refractivity contribution in [3.05, 3.63) is 46.5 Å². The van der Waals surface area contributed by atoms with Crippen molar-refractivity contribution in [2.45, 2.75) is 19.5 Å². The summed E-state index contributed by atoms with van der Waals surface area (Å²) in [6, 6.07) is 1.99. The predicted octanol–water partition coefficient (Wildman–Crippen LogP) is 2.11. The van der Waals surface area contributed by atoms with Gasteiger partial charge in [-0.2, -0.15) is 5.10 Å². The summed E-state index contributed by atoms with van der Waals surface area (Å²) in [6.45, 7) is 3.79. The molecule has 2 heterocycles. The van der Waals surface area contributed by atoms with E-state index in [0.29, 0.717) is 5.02 Å². The maximum Gasteiger partial charge on any atom is 0.0837 e. The first-order valence-corrected chi connectivity index (χ1v) is 7.36. The number of nitrogens with zero attached hydrogens (tertiary/aromatic N) is 4. The lowest BCUT2D eigenvalue weighted by Gasteiger charge is -2.21. The molecule has 0 aliphatic heterocycles. The van der Waals surface area contributed by atoms with Gasteiger partial charge in [0, 0.05) is 18.9 Å². The fraction of sp³-hybridized carbons (Fsp3) is 0.467. The molecule has 2 rings (SSSR count). The summed E-state index contributed by atoms with van der Waals surface area (Å²) in [5.74, 6) is 0. The van der Waals surface area contributed by atoms with E-state index in [9.17, 15) is 0 Å². The van der Waals surface area contributed by atoms with Crippen molar-refractivity contribution >= 4 is 11.6 Å². The third kappa shape index (κ3) is 3.61. The van der Waals surface area contributed by atoms with E-state index in [4.69, 9.17) is 11.6 Å². The van der Waals surface area contributed by atoms with Gasteiger partial charge in [-0.05, 0) is 45.3 Å². The highest BCUT2D eigenvalue weighted by Crippen LogP contribution is 2.29. The Hall–Kier alpha value is -1.43. The monoisotopic (exact) mass is 307 g/mol. The van der Waals surface area contributed by atoms with E-state index in [1.54, 1.807) is 12.4 Å². The molecule has 21 heavy (non-hydrogen) atoms. The Balaban J connectivity index is 2.38. The number of hydrogen-bond acceptors (Lipinski definition) is 4. The summed E-state index contributed by atoms with van der Waals surface area (Å²) in [7, 11) is 6.02. The quantitative estimate of drug-likeness (QED) is 0.888. The molecular formula is C15H22ClN5. The molecule has 0 radical (unpaired) electrons. The molecule has 0 saturated heterocycles. The molecular weight excluding hydrogens is 286 g/mol. The molecule has 1 unspecified atom stereocenters. The smallest absolute Gasteiger partial charge is 0.0837 e. The van der Waals surface area contributed by atoms with Crippen molar-refractivity contribution in [3.63, 3.8) is 0 Å². The number of halogens is 1. The molecule has 1 N–H and O–H groups in total. The maximum atomic E-state index is 6.38. The number of hydrogen-bond donors (Lipinski definition) is 1. The second-order valence-corrected chi connectivity index (χ2v) is 5.77. The van der Waals surface area contributed by atoms with E-state index in [2.05, 4.69) is 27.2 Å². The largest absolute Gasteiger partial charge is 0.308 e. The van der Waals surface area contributed by atoms with Gasteiger partial charge in [-0.3, -0.25) is 9.67 Å². The van der Waals surface area contributed by atoms with Crippen LogP contribution in [-0.4, -0.2) is 47.4 Å². The van der Waals surface area contributed by atoms with Crippen LogP contribution in [0.25, 0.3) is 0 Å². The Kier molecular flexibility index (Phi) is 5.33. The van der Waals surface area contributed by atoms with E-state index in [0.717, 1.165) is 24.3 Å². The lowest BCUT2D eigenvalue weighted by molar-refractivity contribution is 0.366. The van der Waals surface area contributed by atoms with Gasteiger partial charge < -0.3 is 10.2 Å². The molecule has 0 spiro atoms. The number of likely N-dealkylation sites (N-methyl/N-ethyl adjacent to an activating group) is 1. The van der Waals surface area contributed by atoms with Crippen molar-refractivity contribution < 1.29 is 0 Å². The minimum atomic E-state index is -0.0177. The number of nitrogens with one attached hydrogen (secondary N) is 1. The lowest BCUT2D eigenvalue weighted by atomic mass is 10.0. The summed E-state index contributed by atoms with van der Waals surface area (Å²) in [4.78, 5) is 6.36. The topological polar surface area (TPSA) is 46.0 Å². The molecule has 2 aromatic rings.